The van der Waals surface area contributed by atoms with E-state index in [9.17, 15) is 14.4 Å². The maximum Gasteiger partial charge on any atom is 0.335 e. The van der Waals surface area contributed by atoms with E-state index in [0.717, 1.165) is 4.90 Å². The summed E-state index contributed by atoms with van der Waals surface area (Å²) < 4.78 is 5.17. The first-order chi connectivity index (χ1) is 9.85. The number of anilines is 1. The molecule has 0 aliphatic heterocycles. The van der Waals surface area contributed by atoms with Crippen LogP contribution < -0.4 is 5.32 Å². The number of amides is 2. The molecule has 2 N–H and O–H groups in total. The van der Waals surface area contributed by atoms with Gasteiger partial charge in [0.05, 0.1) is 17.9 Å². The first kappa shape index (κ1) is 17.0. The van der Waals surface area contributed by atoms with Gasteiger partial charge in [-0.15, -0.1) is 0 Å². The van der Waals surface area contributed by atoms with E-state index in [-0.39, 0.29) is 18.7 Å². The van der Waals surface area contributed by atoms with Crippen molar-refractivity contribution >= 4 is 39.6 Å². The number of rotatable bonds is 5. The minimum absolute atomic E-state index is 0.0970. The van der Waals surface area contributed by atoms with Crippen LogP contribution >= 0.6 is 15.9 Å². The summed E-state index contributed by atoms with van der Waals surface area (Å²) in [7, 11) is 1.45. The van der Waals surface area contributed by atoms with Gasteiger partial charge in [0.2, 0.25) is 0 Å². The van der Waals surface area contributed by atoms with Gasteiger partial charge in [-0.3, -0.25) is 4.79 Å². The van der Waals surface area contributed by atoms with Crippen molar-refractivity contribution in [2.75, 3.05) is 25.5 Å². The zero-order valence-electron chi connectivity index (χ0n) is 11.6. The number of ether oxygens (including phenoxy) is 1. The zero-order chi connectivity index (χ0) is 16.0. The molecule has 0 saturated carbocycles. The van der Waals surface area contributed by atoms with Crippen molar-refractivity contribution in [3.8, 4) is 0 Å². The van der Waals surface area contributed by atoms with E-state index in [1.165, 1.54) is 25.2 Å². The van der Waals surface area contributed by atoms with E-state index >= 15 is 0 Å². The number of urea groups is 1. The number of carboxylic acids is 1. The van der Waals surface area contributed by atoms with Gasteiger partial charge < -0.3 is 20.1 Å². The van der Waals surface area contributed by atoms with E-state index in [1.54, 1.807) is 6.92 Å². The molecule has 1 rings (SSSR count). The van der Waals surface area contributed by atoms with Crippen molar-refractivity contribution in [3.05, 3.63) is 28.2 Å². The second-order valence-corrected chi connectivity index (χ2v) is 4.95. The fourth-order valence-electron chi connectivity index (χ4n) is 1.43. The molecule has 0 fully saturated rings. The Morgan fingerprint density at radius 2 is 2.05 bits per heavy atom. The number of carboxylic acid groups (broad SMARTS) is 1. The number of hydrogen-bond donors (Lipinski definition) is 2. The highest BCUT2D eigenvalue weighted by Gasteiger charge is 2.15. The van der Waals surface area contributed by atoms with E-state index in [1.807, 2.05) is 0 Å². The maximum atomic E-state index is 11.9. The van der Waals surface area contributed by atoms with Crippen molar-refractivity contribution in [3.63, 3.8) is 0 Å². The lowest BCUT2D eigenvalue weighted by Crippen LogP contribution is -2.36. The average molecular weight is 359 g/mol. The molecule has 0 aliphatic carbocycles. The molecule has 1 aromatic carbocycles. The summed E-state index contributed by atoms with van der Waals surface area (Å²) in [6, 6.07) is 3.70. The van der Waals surface area contributed by atoms with Crippen molar-refractivity contribution in [2.45, 2.75) is 6.92 Å². The molecule has 21 heavy (non-hydrogen) atoms. The van der Waals surface area contributed by atoms with Crippen LogP contribution in [0, 0.1) is 0 Å². The molecule has 0 bridgehead atoms. The number of benzene rings is 1. The molecule has 0 atom stereocenters. The molecule has 0 heterocycles. The van der Waals surface area contributed by atoms with Crippen LogP contribution in [0.15, 0.2) is 22.7 Å². The Balaban J connectivity index is 2.70. The summed E-state index contributed by atoms with van der Waals surface area (Å²) in [5.41, 5.74) is 0.500. The third-order valence-electron chi connectivity index (χ3n) is 2.48. The van der Waals surface area contributed by atoms with Gasteiger partial charge in [0, 0.05) is 11.5 Å². The van der Waals surface area contributed by atoms with E-state index in [4.69, 9.17) is 9.84 Å². The van der Waals surface area contributed by atoms with E-state index < -0.39 is 18.0 Å². The first-order valence-electron chi connectivity index (χ1n) is 6.05. The summed E-state index contributed by atoms with van der Waals surface area (Å²) >= 11 is 3.18. The molecule has 0 aliphatic rings. The van der Waals surface area contributed by atoms with Crippen LogP contribution in [0.5, 0.6) is 0 Å². The Labute approximate surface area is 130 Å². The Morgan fingerprint density at radius 3 is 2.57 bits per heavy atom. The lowest BCUT2D eigenvalue weighted by molar-refractivity contribution is -0.143. The number of hydrogen-bond acceptors (Lipinski definition) is 4. The molecule has 7 nitrogen and oxygen atoms in total. The van der Waals surface area contributed by atoms with Crippen molar-refractivity contribution < 1.29 is 24.2 Å². The SMILES string of the molecule is CCOC(=O)CN(C)C(=O)Nc1ccc(C(=O)O)cc1Br. The Morgan fingerprint density at radius 1 is 1.38 bits per heavy atom. The van der Waals surface area contributed by atoms with Crippen molar-refractivity contribution in [2.24, 2.45) is 0 Å². The van der Waals surface area contributed by atoms with E-state index in [2.05, 4.69) is 21.2 Å². The van der Waals surface area contributed by atoms with Gasteiger partial charge in [-0.2, -0.15) is 0 Å². The van der Waals surface area contributed by atoms with Crippen LogP contribution in [-0.4, -0.2) is 48.2 Å². The van der Waals surface area contributed by atoms with Crippen LogP contribution in [-0.2, 0) is 9.53 Å². The second kappa shape index (κ2) is 7.63. The molecule has 0 spiro atoms. The van der Waals surface area contributed by atoms with Gasteiger partial charge in [0.15, 0.2) is 0 Å². The summed E-state index contributed by atoms with van der Waals surface area (Å²) in [6.45, 7) is 1.75. The molecule has 0 radical (unpaired) electrons. The summed E-state index contributed by atoms with van der Waals surface area (Å²) in [5, 5.41) is 11.4. The smallest absolute Gasteiger partial charge is 0.335 e. The van der Waals surface area contributed by atoms with Gasteiger partial charge in [0.25, 0.3) is 0 Å². The minimum Gasteiger partial charge on any atom is -0.478 e. The largest absolute Gasteiger partial charge is 0.478 e. The number of halogens is 1. The number of likely N-dealkylation sites (N-methyl/N-ethyl adjacent to an activating group) is 1. The third-order valence-corrected chi connectivity index (χ3v) is 3.13. The van der Waals surface area contributed by atoms with E-state index in [0.29, 0.717) is 10.2 Å². The topological polar surface area (TPSA) is 95.9 Å². The molecular formula is C13H15BrN2O5. The molecule has 114 valence electrons. The highest BCUT2D eigenvalue weighted by Crippen LogP contribution is 2.24. The number of nitrogens with one attached hydrogen (secondary N) is 1. The molecule has 0 unspecified atom stereocenters. The van der Waals surface area contributed by atoms with Crippen LogP contribution in [0.3, 0.4) is 0 Å². The highest BCUT2D eigenvalue weighted by atomic mass is 79.9. The fraction of sp³-hybridized carbons (Fsp3) is 0.308. The van der Waals surface area contributed by atoms with Gasteiger partial charge in [-0.1, -0.05) is 0 Å². The fourth-order valence-corrected chi connectivity index (χ4v) is 1.91. The molecule has 1 aromatic rings. The first-order valence-corrected chi connectivity index (χ1v) is 6.85. The lowest BCUT2D eigenvalue weighted by Gasteiger charge is -2.17. The lowest BCUT2D eigenvalue weighted by atomic mass is 10.2. The zero-order valence-corrected chi connectivity index (χ0v) is 13.1. The highest BCUT2D eigenvalue weighted by molar-refractivity contribution is 9.10. The summed E-state index contributed by atoms with van der Waals surface area (Å²) in [4.78, 5) is 35.1. The Hall–Kier alpha value is -2.09. The average Bonchev–Trinajstić information content (AvgIpc) is 2.40. The monoisotopic (exact) mass is 358 g/mol. The third kappa shape index (κ3) is 5.07. The molecular weight excluding hydrogens is 344 g/mol. The second-order valence-electron chi connectivity index (χ2n) is 4.09. The minimum atomic E-state index is -1.06. The van der Waals surface area contributed by atoms with Crippen LogP contribution in [0.4, 0.5) is 10.5 Å². The Kier molecular flexibility index (Phi) is 6.16. The summed E-state index contributed by atoms with van der Waals surface area (Å²) in [5.74, 6) is -1.57. The van der Waals surface area contributed by atoms with Crippen molar-refractivity contribution in [1.29, 1.82) is 0 Å². The van der Waals surface area contributed by atoms with Gasteiger partial charge in [0.1, 0.15) is 6.54 Å². The van der Waals surface area contributed by atoms with Crippen LogP contribution in [0.1, 0.15) is 17.3 Å². The number of esters is 1. The molecule has 2 amide bonds. The van der Waals surface area contributed by atoms with Crippen molar-refractivity contribution in [1.82, 2.24) is 4.90 Å². The maximum absolute atomic E-state index is 11.9. The quantitative estimate of drug-likeness (QED) is 0.786. The number of aromatic carboxylic acids is 1. The number of nitrogens with zero attached hydrogens (tertiary/aromatic N) is 1. The summed E-state index contributed by atoms with van der Waals surface area (Å²) in [6.07, 6.45) is 0. The number of carbonyl (C=O) groups is 3. The Bertz CT molecular complexity index is 561. The van der Waals surface area contributed by atoms with Gasteiger partial charge >= 0.3 is 18.0 Å². The normalized spacial score (nSPS) is 9.86. The van der Waals surface area contributed by atoms with Gasteiger partial charge in [-0.05, 0) is 41.1 Å². The predicted molar refractivity (Wildman–Crippen MR) is 79.4 cm³/mol. The molecule has 8 heteroatoms. The van der Waals surface area contributed by atoms with Crippen LogP contribution in [0.2, 0.25) is 0 Å². The molecule has 0 aromatic heterocycles. The predicted octanol–water partition coefficient (Wildman–Crippen LogP) is 2.17. The van der Waals surface area contributed by atoms with Gasteiger partial charge in [-0.25, -0.2) is 9.59 Å². The molecule has 0 saturated heterocycles. The van der Waals surface area contributed by atoms with Crippen LogP contribution in [0.25, 0.3) is 0 Å². The standard InChI is InChI=1S/C13H15BrN2O5/c1-3-21-11(17)7-16(2)13(20)15-10-5-4-8(12(18)19)6-9(10)14/h4-6H,3,7H2,1-2H3,(H,15,20)(H,18,19). The number of carbonyl (C=O) groups excluding carboxylic acids is 2.